The van der Waals surface area contributed by atoms with Gasteiger partial charge >= 0.3 is 0 Å². The highest BCUT2D eigenvalue weighted by atomic mass is 32.2. The van der Waals surface area contributed by atoms with Gasteiger partial charge in [0.25, 0.3) is 5.91 Å². The summed E-state index contributed by atoms with van der Waals surface area (Å²) >= 11 is 0. The minimum atomic E-state index is -3.60. The highest BCUT2D eigenvalue weighted by Gasteiger charge is 2.24. The van der Waals surface area contributed by atoms with Crippen LogP contribution in [0.2, 0.25) is 0 Å². The van der Waals surface area contributed by atoms with Gasteiger partial charge in [-0.3, -0.25) is 20.0 Å². The number of nitrogens with zero attached hydrogens (tertiary/aromatic N) is 3. The van der Waals surface area contributed by atoms with Crippen LogP contribution in [0.5, 0.6) is 5.75 Å². The van der Waals surface area contributed by atoms with Crippen LogP contribution < -0.4 is 30.7 Å². The van der Waals surface area contributed by atoms with Gasteiger partial charge in [0.05, 0.1) is 54.2 Å². The van der Waals surface area contributed by atoms with Crippen molar-refractivity contribution in [2.75, 3.05) is 28.4 Å². The Balaban J connectivity index is 1.44. The molecule has 0 bridgehead atoms. The molecule has 230 valence electrons. The van der Waals surface area contributed by atoms with E-state index in [1.807, 2.05) is 93.1 Å². The van der Waals surface area contributed by atoms with Crippen molar-refractivity contribution in [3.63, 3.8) is 0 Å². The van der Waals surface area contributed by atoms with Crippen LogP contribution in [0.3, 0.4) is 0 Å². The molecule has 0 saturated carbocycles. The van der Waals surface area contributed by atoms with E-state index in [4.69, 9.17) is 4.74 Å². The van der Waals surface area contributed by atoms with Crippen molar-refractivity contribution in [2.45, 2.75) is 33.1 Å². The lowest BCUT2D eigenvalue weighted by atomic mass is 9.86. The first-order valence-electron chi connectivity index (χ1n) is 14.0. The van der Waals surface area contributed by atoms with Crippen molar-refractivity contribution in [1.29, 1.82) is 0 Å². The second-order valence-electron chi connectivity index (χ2n) is 11.7. The fourth-order valence-corrected chi connectivity index (χ4v) is 5.50. The van der Waals surface area contributed by atoms with Crippen molar-refractivity contribution in [1.82, 2.24) is 20.5 Å². The molecule has 1 aliphatic rings. The van der Waals surface area contributed by atoms with E-state index in [1.54, 1.807) is 24.3 Å². The molecule has 0 fully saturated rings. The van der Waals surface area contributed by atoms with Gasteiger partial charge in [0.1, 0.15) is 5.82 Å². The minimum absolute atomic E-state index is 0.216. The number of sulfonamides is 1. The number of carbonyl (C=O) groups is 1. The summed E-state index contributed by atoms with van der Waals surface area (Å²) < 4.78 is 34.3. The Morgan fingerprint density at radius 2 is 1.73 bits per heavy atom. The molecule has 4 N–H and O–H groups in total. The first-order chi connectivity index (χ1) is 20.7. The van der Waals surface area contributed by atoms with Crippen LogP contribution >= 0.6 is 0 Å². The lowest BCUT2D eigenvalue weighted by Gasteiger charge is -2.24. The maximum absolute atomic E-state index is 13.6. The van der Waals surface area contributed by atoms with E-state index in [-0.39, 0.29) is 22.8 Å². The lowest BCUT2D eigenvalue weighted by molar-refractivity contribution is 0.102. The van der Waals surface area contributed by atoms with Gasteiger partial charge in [0.2, 0.25) is 10.0 Å². The third-order valence-corrected chi connectivity index (χ3v) is 7.89. The number of methoxy groups -OCH3 is 1. The van der Waals surface area contributed by atoms with Gasteiger partial charge in [-0.15, -0.1) is 5.53 Å². The van der Waals surface area contributed by atoms with Crippen molar-refractivity contribution >= 4 is 38.7 Å². The summed E-state index contributed by atoms with van der Waals surface area (Å²) in [5.74, 6) is 0.682. The molecule has 2 heterocycles. The van der Waals surface area contributed by atoms with Gasteiger partial charge in [-0.25, -0.2) is 13.4 Å². The fraction of sp³-hybridized carbons (Fsp3) is 0.250. The number of rotatable bonds is 8. The predicted molar refractivity (Wildman–Crippen MR) is 175 cm³/mol. The number of anilines is 3. The Kier molecular flexibility index (Phi) is 8.15. The zero-order valence-corrected chi connectivity index (χ0v) is 26.6. The molecular formula is C32H37N7O4S. The average Bonchev–Trinajstić information content (AvgIpc) is 3.59. The third-order valence-electron chi connectivity index (χ3n) is 7.30. The molecule has 5 rings (SSSR count). The van der Waals surface area contributed by atoms with Crippen LogP contribution in [0.4, 0.5) is 17.1 Å². The SMILES string of the molecule is COc1c(NC(=O)c2ccc(C)c(N3C=C(c4cnc(-c5ccccc5)n4C)NN3)c2)cc(C(C)(C)C)cc1NS(C)(=O)=O. The molecule has 44 heavy (non-hydrogen) atoms. The van der Waals surface area contributed by atoms with E-state index in [9.17, 15) is 13.2 Å². The number of amides is 1. The second-order valence-corrected chi connectivity index (χ2v) is 13.5. The summed E-state index contributed by atoms with van der Waals surface area (Å²) in [6.45, 7) is 7.97. The first kappa shape index (κ1) is 30.6. The number of hydrogen-bond acceptors (Lipinski definition) is 8. The standard InChI is InChI=1S/C32H37N7O4S/c1-20-13-14-22(31(40)34-24-16-23(32(2,3)4)17-25(29(24)43-6)36-44(7,41)42)15-27(20)39-19-26(35-37-39)28-18-33-30(38(28)5)21-11-9-8-10-12-21/h8-19,35-37H,1-7H3,(H,34,40). The molecule has 0 spiro atoms. The number of benzene rings is 3. The number of hydrazine groups is 2. The van der Waals surface area contributed by atoms with Gasteiger partial charge in [-0.2, -0.15) is 0 Å². The molecule has 4 aromatic rings. The van der Waals surface area contributed by atoms with E-state index in [2.05, 4.69) is 26.0 Å². The second kappa shape index (κ2) is 11.7. The summed E-state index contributed by atoms with van der Waals surface area (Å²) in [4.78, 5) is 18.2. The summed E-state index contributed by atoms with van der Waals surface area (Å²) in [5.41, 5.74) is 12.3. The Bertz CT molecular complexity index is 1860. The molecule has 3 aromatic carbocycles. The topological polar surface area (TPSA) is 130 Å². The number of aryl methyl sites for hydroxylation is 1. The van der Waals surface area contributed by atoms with Crippen molar-refractivity contribution in [3.8, 4) is 17.1 Å². The third kappa shape index (κ3) is 6.41. The molecular weight excluding hydrogens is 578 g/mol. The van der Waals surface area contributed by atoms with E-state index in [0.29, 0.717) is 11.3 Å². The highest BCUT2D eigenvalue weighted by Crippen LogP contribution is 2.39. The molecule has 1 aromatic heterocycles. The van der Waals surface area contributed by atoms with Crippen LogP contribution in [-0.4, -0.2) is 37.2 Å². The molecule has 1 aliphatic heterocycles. The summed E-state index contributed by atoms with van der Waals surface area (Å²) in [7, 11) is -0.207. The molecule has 0 unspecified atom stereocenters. The first-order valence-corrected chi connectivity index (χ1v) is 15.9. The van der Waals surface area contributed by atoms with E-state index in [1.165, 1.54) is 7.11 Å². The number of aromatic nitrogens is 2. The molecule has 0 atom stereocenters. The molecule has 1 amide bonds. The van der Waals surface area contributed by atoms with E-state index in [0.717, 1.165) is 45.8 Å². The summed E-state index contributed by atoms with van der Waals surface area (Å²) in [5, 5.41) is 4.74. The monoisotopic (exact) mass is 615 g/mol. The number of carbonyl (C=O) groups excluding carboxylic acids is 1. The zero-order chi connectivity index (χ0) is 31.8. The molecule has 0 saturated heterocycles. The Morgan fingerprint density at radius 1 is 1.02 bits per heavy atom. The van der Waals surface area contributed by atoms with Gasteiger partial charge in [-0.1, -0.05) is 57.2 Å². The molecule has 0 aliphatic carbocycles. The molecule has 12 heteroatoms. The average molecular weight is 616 g/mol. The van der Waals surface area contributed by atoms with E-state index >= 15 is 0 Å². The number of imidazole rings is 1. The highest BCUT2D eigenvalue weighted by molar-refractivity contribution is 7.92. The Labute approximate surface area is 257 Å². The maximum atomic E-state index is 13.6. The van der Waals surface area contributed by atoms with Crippen LogP contribution in [0.25, 0.3) is 17.1 Å². The molecule has 0 radical (unpaired) electrons. The lowest BCUT2D eigenvalue weighted by Crippen LogP contribution is -2.36. The quantitative estimate of drug-likeness (QED) is 0.214. The minimum Gasteiger partial charge on any atom is -0.492 e. The Hall–Kier alpha value is -4.81. The normalized spacial score (nSPS) is 13.3. The summed E-state index contributed by atoms with van der Waals surface area (Å²) in [6, 6.07) is 18.9. The smallest absolute Gasteiger partial charge is 0.255 e. The van der Waals surface area contributed by atoms with Crippen molar-refractivity contribution < 1.29 is 17.9 Å². The van der Waals surface area contributed by atoms with Crippen LogP contribution in [0.1, 0.15) is 48.0 Å². The maximum Gasteiger partial charge on any atom is 0.255 e. The van der Waals surface area contributed by atoms with Gasteiger partial charge in [-0.05, 0) is 47.7 Å². The zero-order valence-electron chi connectivity index (χ0n) is 25.8. The van der Waals surface area contributed by atoms with Crippen LogP contribution in [-0.2, 0) is 22.5 Å². The van der Waals surface area contributed by atoms with Gasteiger partial charge in [0.15, 0.2) is 5.75 Å². The number of hydrogen-bond donors (Lipinski definition) is 4. The van der Waals surface area contributed by atoms with Crippen molar-refractivity contribution in [2.24, 2.45) is 7.05 Å². The Morgan fingerprint density at radius 3 is 2.39 bits per heavy atom. The van der Waals surface area contributed by atoms with Crippen LogP contribution in [0, 0.1) is 6.92 Å². The van der Waals surface area contributed by atoms with Crippen molar-refractivity contribution in [3.05, 3.63) is 95.4 Å². The van der Waals surface area contributed by atoms with Crippen LogP contribution in [0.15, 0.2) is 73.1 Å². The fourth-order valence-electron chi connectivity index (χ4n) is 4.94. The predicted octanol–water partition coefficient (Wildman–Crippen LogP) is 5.15. The molecule has 11 nitrogen and oxygen atoms in total. The number of nitrogens with one attached hydrogen (secondary N) is 4. The van der Waals surface area contributed by atoms with Gasteiger partial charge < -0.3 is 14.6 Å². The number of ether oxygens (including phenoxy) is 1. The van der Waals surface area contributed by atoms with Gasteiger partial charge in [0, 0.05) is 18.2 Å². The van der Waals surface area contributed by atoms with E-state index < -0.39 is 10.0 Å². The summed E-state index contributed by atoms with van der Waals surface area (Å²) in [6.07, 6.45) is 4.80. The largest absolute Gasteiger partial charge is 0.492 e.